The molecule has 1 aromatic carbocycles. The molecule has 1 aromatic heterocycles. The van der Waals surface area contributed by atoms with E-state index in [9.17, 15) is 4.79 Å². The Hall–Kier alpha value is -1.77. The molecule has 3 rings (SSSR count). The van der Waals surface area contributed by atoms with Crippen molar-refractivity contribution in [2.75, 3.05) is 5.32 Å². The number of nitrogens with zero attached hydrogens (tertiary/aromatic N) is 1. The third-order valence-electron chi connectivity index (χ3n) is 3.33. The summed E-state index contributed by atoms with van der Waals surface area (Å²) >= 11 is 0. The first-order valence-corrected chi connectivity index (χ1v) is 5.62. The molecule has 0 atom stereocenters. The van der Waals surface area contributed by atoms with Crippen LogP contribution in [-0.4, -0.2) is 11.0 Å². The van der Waals surface area contributed by atoms with Crippen molar-refractivity contribution in [1.82, 2.24) is 4.57 Å². The van der Waals surface area contributed by atoms with Gasteiger partial charge in [-0.2, -0.15) is 0 Å². The van der Waals surface area contributed by atoms with Gasteiger partial charge in [0.1, 0.15) is 0 Å². The zero-order chi connectivity index (χ0) is 11.1. The summed E-state index contributed by atoms with van der Waals surface area (Å²) < 4.78 is 2.37. The summed E-state index contributed by atoms with van der Waals surface area (Å²) in [6.45, 7) is 3.25. The molecule has 82 valence electrons. The van der Waals surface area contributed by atoms with Crippen molar-refractivity contribution >= 4 is 23.0 Å². The molecule has 0 radical (unpaired) electrons. The highest BCUT2D eigenvalue weighted by Gasteiger charge is 2.15. The van der Waals surface area contributed by atoms with Crippen molar-refractivity contribution in [2.24, 2.45) is 0 Å². The number of hydrogen-bond acceptors (Lipinski definition) is 1. The second-order valence-electron chi connectivity index (χ2n) is 4.38. The summed E-state index contributed by atoms with van der Waals surface area (Å²) in [6, 6.07) is 6.33. The van der Waals surface area contributed by atoms with Gasteiger partial charge >= 0.3 is 0 Å². The summed E-state index contributed by atoms with van der Waals surface area (Å²) in [5.41, 5.74) is 4.90. The predicted octanol–water partition coefficient (Wildman–Crippen LogP) is 2.46. The van der Waals surface area contributed by atoms with Crippen LogP contribution in [0.1, 0.15) is 17.7 Å². The number of rotatable bonds is 2. The van der Waals surface area contributed by atoms with Crippen LogP contribution in [-0.2, 0) is 17.8 Å². The third kappa shape index (κ3) is 1.24. The van der Waals surface area contributed by atoms with Crippen LogP contribution >= 0.6 is 0 Å². The summed E-state index contributed by atoms with van der Waals surface area (Å²) in [6.07, 6.45) is 3.02. The van der Waals surface area contributed by atoms with Gasteiger partial charge in [0.05, 0.1) is 5.52 Å². The lowest BCUT2D eigenvalue weighted by molar-refractivity contribution is -0.105. The Labute approximate surface area is 94.1 Å². The Kier molecular flexibility index (Phi) is 1.99. The van der Waals surface area contributed by atoms with Crippen molar-refractivity contribution < 1.29 is 4.79 Å². The maximum Gasteiger partial charge on any atom is 0.211 e. The predicted molar refractivity (Wildman–Crippen MR) is 64.7 cm³/mol. The van der Waals surface area contributed by atoms with Crippen molar-refractivity contribution in [3.63, 3.8) is 0 Å². The third-order valence-corrected chi connectivity index (χ3v) is 3.33. The van der Waals surface area contributed by atoms with Crippen LogP contribution in [0.4, 0.5) is 5.69 Å². The first kappa shape index (κ1) is 9.46. The second-order valence-corrected chi connectivity index (χ2v) is 4.38. The molecule has 2 heterocycles. The highest BCUT2D eigenvalue weighted by molar-refractivity contribution is 5.90. The average molecular weight is 214 g/mol. The lowest BCUT2D eigenvalue weighted by atomic mass is 10.0. The van der Waals surface area contributed by atoms with Crippen LogP contribution in [0, 0.1) is 6.92 Å². The van der Waals surface area contributed by atoms with Gasteiger partial charge in [0.15, 0.2) is 0 Å². The second kappa shape index (κ2) is 3.37. The van der Waals surface area contributed by atoms with E-state index in [2.05, 4.69) is 28.9 Å². The summed E-state index contributed by atoms with van der Waals surface area (Å²) in [5, 5.41) is 3.97. The maximum absolute atomic E-state index is 10.5. The minimum absolute atomic E-state index is 0.737. The van der Waals surface area contributed by atoms with E-state index in [1.54, 1.807) is 0 Å². The zero-order valence-corrected chi connectivity index (χ0v) is 9.29. The average Bonchev–Trinajstić information content (AvgIpc) is 2.58. The van der Waals surface area contributed by atoms with Gasteiger partial charge in [-0.05, 0) is 43.5 Å². The molecule has 0 bridgehead atoms. The number of hydrogen-bond donors (Lipinski definition) is 1. The molecule has 0 unspecified atom stereocenters. The number of benzene rings is 1. The number of aromatic nitrogens is 1. The molecule has 16 heavy (non-hydrogen) atoms. The van der Waals surface area contributed by atoms with E-state index >= 15 is 0 Å². The Morgan fingerprint density at radius 2 is 2.25 bits per heavy atom. The molecular formula is C13H14N2O. The van der Waals surface area contributed by atoms with Crippen LogP contribution in [0.3, 0.4) is 0 Å². The maximum atomic E-state index is 10.5. The van der Waals surface area contributed by atoms with Crippen molar-refractivity contribution in [2.45, 2.75) is 26.3 Å². The molecule has 1 N–H and O–H groups in total. The SMILES string of the molecule is Cc1cc2cc(NC=O)cc3c2n1CCC3. The van der Waals surface area contributed by atoms with E-state index in [-0.39, 0.29) is 0 Å². The molecule has 1 aliphatic rings. The fraction of sp³-hybridized carbons (Fsp3) is 0.308. The van der Waals surface area contributed by atoms with Crippen LogP contribution in [0.15, 0.2) is 18.2 Å². The molecule has 1 amide bonds. The van der Waals surface area contributed by atoms with Gasteiger partial charge in [-0.3, -0.25) is 4.79 Å². The number of nitrogens with one attached hydrogen (secondary N) is 1. The normalized spacial score (nSPS) is 14.1. The fourth-order valence-corrected chi connectivity index (χ4v) is 2.70. The van der Waals surface area contributed by atoms with Crippen LogP contribution in [0.25, 0.3) is 10.9 Å². The Morgan fingerprint density at radius 3 is 3.06 bits per heavy atom. The smallest absolute Gasteiger partial charge is 0.211 e. The van der Waals surface area contributed by atoms with Gasteiger partial charge in [0, 0.05) is 23.3 Å². The van der Waals surface area contributed by atoms with E-state index in [0.717, 1.165) is 25.1 Å². The van der Waals surface area contributed by atoms with E-state index in [0.29, 0.717) is 0 Å². The number of amides is 1. The number of anilines is 1. The standard InChI is InChI=1S/C13H14N2O/c1-9-5-11-7-12(14-8-16)6-10-3-2-4-15(9)13(10)11/h5-8H,2-4H2,1H3,(H,14,16). The van der Waals surface area contributed by atoms with E-state index in [1.165, 1.54) is 28.6 Å². The molecule has 0 spiro atoms. The fourth-order valence-electron chi connectivity index (χ4n) is 2.70. The first-order chi connectivity index (χ1) is 7.79. The molecule has 1 aliphatic heterocycles. The zero-order valence-electron chi connectivity index (χ0n) is 9.29. The van der Waals surface area contributed by atoms with E-state index in [4.69, 9.17) is 0 Å². The highest BCUT2D eigenvalue weighted by atomic mass is 16.1. The van der Waals surface area contributed by atoms with Gasteiger partial charge in [0.25, 0.3) is 0 Å². The molecule has 0 saturated heterocycles. The molecule has 2 aromatic rings. The summed E-state index contributed by atoms with van der Waals surface area (Å²) in [7, 11) is 0. The Balaban J connectivity index is 2.30. The quantitative estimate of drug-likeness (QED) is 0.765. The lowest BCUT2D eigenvalue weighted by Crippen LogP contribution is -2.09. The first-order valence-electron chi connectivity index (χ1n) is 5.62. The lowest BCUT2D eigenvalue weighted by Gasteiger charge is -2.17. The van der Waals surface area contributed by atoms with Crippen molar-refractivity contribution in [1.29, 1.82) is 0 Å². The largest absolute Gasteiger partial charge is 0.345 e. The molecule has 0 saturated carbocycles. The molecule has 3 nitrogen and oxygen atoms in total. The van der Waals surface area contributed by atoms with Crippen molar-refractivity contribution in [3.05, 3.63) is 29.5 Å². The van der Waals surface area contributed by atoms with Gasteiger partial charge in [-0.15, -0.1) is 0 Å². The monoisotopic (exact) mass is 214 g/mol. The minimum Gasteiger partial charge on any atom is -0.345 e. The molecular weight excluding hydrogens is 200 g/mol. The summed E-state index contributed by atoms with van der Waals surface area (Å²) in [4.78, 5) is 10.5. The van der Waals surface area contributed by atoms with Gasteiger partial charge in [-0.25, -0.2) is 0 Å². The number of aryl methyl sites for hydroxylation is 3. The minimum atomic E-state index is 0.737. The number of carbonyl (C=O) groups is 1. The highest BCUT2D eigenvalue weighted by Crippen LogP contribution is 2.31. The molecule has 3 heteroatoms. The van der Waals surface area contributed by atoms with Crippen LogP contribution < -0.4 is 5.32 Å². The topological polar surface area (TPSA) is 34.0 Å². The van der Waals surface area contributed by atoms with Crippen molar-refractivity contribution in [3.8, 4) is 0 Å². The van der Waals surface area contributed by atoms with E-state index in [1.807, 2.05) is 6.07 Å². The number of carbonyl (C=O) groups excluding carboxylic acids is 1. The van der Waals surface area contributed by atoms with Crippen LogP contribution in [0.2, 0.25) is 0 Å². The Bertz CT molecular complexity index is 569. The van der Waals surface area contributed by atoms with Gasteiger partial charge < -0.3 is 9.88 Å². The van der Waals surface area contributed by atoms with Gasteiger partial charge in [-0.1, -0.05) is 0 Å². The molecule has 0 fully saturated rings. The summed E-state index contributed by atoms with van der Waals surface area (Å²) in [5.74, 6) is 0. The van der Waals surface area contributed by atoms with Crippen LogP contribution in [0.5, 0.6) is 0 Å². The van der Waals surface area contributed by atoms with Gasteiger partial charge in [0.2, 0.25) is 6.41 Å². The Morgan fingerprint density at radius 1 is 1.38 bits per heavy atom. The molecule has 0 aliphatic carbocycles. The van der Waals surface area contributed by atoms with E-state index < -0.39 is 0 Å².